The van der Waals surface area contributed by atoms with E-state index in [1.54, 1.807) is 10.7 Å². The maximum atomic E-state index is 15.1. The highest BCUT2D eigenvalue weighted by atomic mass is 32.2. The Labute approximate surface area is 249 Å². The Kier molecular flexibility index (Phi) is 8.58. The molecule has 0 aliphatic carbocycles. The van der Waals surface area contributed by atoms with E-state index >= 15 is 8.78 Å². The summed E-state index contributed by atoms with van der Waals surface area (Å²) in [4.78, 5) is 16.6. The molecule has 0 radical (unpaired) electrons. The highest BCUT2D eigenvalue weighted by Gasteiger charge is 2.28. The molecule has 10 nitrogen and oxygen atoms in total. The molecule has 0 atom stereocenters. The number of halogens is 2. The second-order valence-corrected chi connectivity index (χ2v) is 19.7. The third-order valence-electron chi connectivity index (χ3n) is 7.60. The lowest BCUT2D eigenvalue weighted by molar-refractivity contribution is 0.0697. The Hall–Kier alpha value is -3.46. The summed E-state index contributed by atoms with van der Waals surface area (Å²) < 4.78 is 63.4. The molecule has 2 aromatic carbocycles. The van der Waals surface area contributed by atoms with E-state index < -0.39 is 35.7 Å². The van der Waals surface area contributed by atoms with Crippen LogP contribution in [0, 0.1) is 11.6 Å². The van der Waals surface area contributed by atoms with Gasteiger partial charge in [0.15, 0.2) is 5.82 Å². The Morgan fingerprint density at radius 1 is 1.12 bits per heavy atom. The smallest absolute Gasteiger partial charge is 0.335 e. The van der Waals surface area contributed by atoms with Crippen molar-refractivity contribution in [1.29, 1.82) is 0 Å². The molecule has 5 rings (SSSR count). The molecular formula is C29H35F2N5O5SSi. The first kappa shape index (κ1) is 31.0. The van der Waals surface area contributed by atoms with Crippen LogP contribution in [0.25, 0.3) is 33.1 Å². The number of aromatic nitrogens is 3. The molecule has 4 aromatic rings. The molecule has 0 saturated carbocycles. The zero-order valence-corrected chi connectivity index (χ0v) is 26.3. The van der Waals surface area contributed by atoms with Crippen LogP contribution in [-0.4, -0.2) is 78.6 Å². The fourth-order valence-corrected chi connectivity index (χ4v) is 6.87. The van der Waals surface area contributed by atoms with Gasteiger partial charge in [-0.2, -0.15) is 5.10 Å². The van der Waals surface area contributed by atoms with Crippen LogP contribution >= 0.6 is 0 Å². The van der Waals surface area contributed by atoms with Crippen molar-refractivity contribution in [2.75, 3.05) is 31.3 Å². The minimum absolute atomic E-state index is 0.0460. The normalized spacial score (nSPS) is 15.4. The number of hydrogen-bond donors (Lipinski definition) is 2. The molecule has 1 saturated heterocycles. The van der Waals surface area contributed by atoms with Gasteiger partial charge >= 0.3 is 5.97 Å². The van der Waals surface area contributed by atoms with Gasteiger partial charge < -0.3 is 15.2 Å². The van der Waals surface area contributed by atoms with Gasteiger partial charge in [0.05, 0.1) is 28.6 Å². The van der Waals surface area contributed by atoms with Crippen molar-refractivity contribution >= 4 is 51.7 Å². The largest absolute Gasteiger partial charge is 0.478 e. The number of anilines is 1. The maximum Gasteiger partial charge on any atom is 0.335 e. The monoisotopic (exact) mass is 631 g/mol. The molecule has 3 heterocycles. The Balaban J connectivity index is 1.66. The van der Waals surface area contributed by atoms with E-state index in [2.05, 4.69) is 25.0 Å². The van der Waals surface area contributed by atoms with E-state index in [1.165, 1.54) is 28.8 Å². The zero-order chi connectivity index (χ0) is 31.1. The number of fused-ring (bicyclic) bond motifs is 3. The molecule has 1 aliphatic rings. The number of sulfonamides is 1. The topological polar surface area (TPSA) is 127 Å². The summed E-state index contributed by atoms with van der Waals surface area (Å²) in [5, 5.41) is 18.6. The second-order valence-electron chi connectivity index (χ2n) is 12.1. The predicted octanol–water partition coefficient (Wildman–Crippen LogP) is 5.38. The standard InChI is InChI=1S/C29H35F2N5O5SSi/c1-42(39,40)35-12-10-19(11-13-35)32-28-26-27(36(34-28)17-41-14-15-43(2,3)4)20-9-8-18(29(37)38)16-21(20)25(33-26)24-22(30)6-5-7-23(24)31/h5-9,16,19H,10-15,17H2,1-4H3,(H,32,34)(H,37,38). The van der Waals surface area contributed by atoms with Crippen molar-refractivity contribution < 1.29 is 31.8 Å². The SMILES string of the molecule is C[Si](C)(C)CCOCn1nc(NC2CCN(S(C)(=O)=O)CC2)c2nc(-c3c(F)cccc3F)c3cc(C(=O)O)ccc3c21. The number of nitrogens with one attached hydrogen (secondary N) is 1. The molecule has 0 amide bonds. The molecule has 1 aliphatic heterocycles. The number of aromatic carboxylic acids is 1. The molecule has 2 aromatic heterocycles. The van der Waals surface area contributed by atoms with Crippen LogP contribution in [0.15, 0.2) is 36.4 Å². The minimum atomic E-state index is -3.31. The quantitative estimate of drug-likeness (QED) is 0.177. The van der Waals surface area contributed by atoms with Gasteiger partial charge in [0.1, 0.15) is 23.9 Å². The van der Waals surface area contributed by atoms with Gasteiger partial charge in [-0.25, -0.2) is 36.0 Å². The third-order valence-corrected chi connectivity index (χ3v) is 10.6. The summed E-state index contributed by atoms with van der Waals surface area (Å²) in [5.41, 5.74) is 0.392. The second kappa shape index (κ2) is 11.9. The van der Waals surface area contributed by atoms with E-state index in [1.807, 2.05) is 0 Å². The molecule has 1 fully saturated rings. The van der Waals surface area contributed by atoms with Crippen molar-refractivity contribution in [3.05, 3.63) is 53.6 Å². The molecule has 14 heteroatoms. The lowest BCUT2D eigenvalue weighted by atomic mass is 9.99. The average Bonchev–Trinajstić information content (AvgIpc) is 3.27. The van der Waals surface area contributed by atoms with Gasteiger partial charge in [0.2, 0.25) is 10.0 Å². The number of rotatable bonds is 10. The lowest BCUT2D eigenvalue weighted by Crippen LogP contribution is -2.41. The van der Waals surface area contributed by atoms with E-state index in [0.717, 1.165) is 18.2 Å². The fraction of sp³-hybridized carbons (Fsp3) is 0.414. The van der Waals surface area contributed by atoms with Gasteiger partial charge in [0, 0.05) is 44.6 Å². The van der Waals surface area contributed by atoms with E-state index in [0.29, 0.717) is 54.8 Å². The van der Waals surface area contributed by atoms with Crippen LogP contribution in [0.5, 0.6) is 0 Å². The number of carboxylic acids is 1. The van der Waals surface area contributed by atoms with Crippen LogP contribution in [0.3, 0.4) is 0 Å². The van der Waals surface area contributed by atoms with Crippen LogP contribution < -0.4 is 5.32 Å². The molecular weight excluding hydrogens is 596 g/mol. The number of carbonyl (C=O) groups is 1. The van der Waals surface area contributed by atoms with Crippen molar-refractivity contribution in [2.45, 2.75) is 51.3 Å². The first-order chi connectivity index (χ1) is 20.2. The first-order valence-corrected chi connectivity index (χ1v) is 19.6. The minimum Gasteiger partial charge on any atom is -0.478 e. The molecule has 43 heavy (non-hydrogen) atoms. The van der Waals surface area contributed by atoms with Crippen LogP contribution in [0.1, 0.15) is 23.2 Å². The number of pyridine rings is 1. The lowest BCUT2D eigenvalue weighted by Gasteiger charge is -2.30. The third kappa shape index (κ3) is 6.71. The highest BCUT2D eigenvalue weighted by molar-refractivity contribution is 7.88. The van der Waals surface area contributed by atoms with Crippen molar-refractivity contribution in [2.24, 2.45) is 0 Å². The molecule has 0 bridgehead atoms. The van der Waals surface area contributed by atoms with E-state index in [9.17, 15) is 18.3 Å². The number of benzene rings is 2. The summed E-state index contributed by atoms with van der Waals surface area (Å²) in [6, 6.07) is 8.71. The van der Waals surface area contributed by atoms with Crippen LogP contribution in [0.2, 0.25) is 25.7 Å². The van der Waals surface area contributed by atoms with E-state index in [-0.39, 0.29) is 35.0 Å². The average molecular weight is 632 g/mol. The van der Waals surface area contributed by atoms with Gasteiger partial charge in [0.25, 0.3) is 0 Å². The number of carboxylic acid groups (broad SMARTS) is 1. The molecule has 0 spiro atoms. The first-order valence-electron chi connectivity index (χ1n) is 14.0. The van der Waals surface area contributed by atoms with Crippen molar-refractivity contribution in [3.63, 3.8) is 0 Å². The summed E-state index contributed by atoms with van der Waals surface area (Å²) in [6.07, 6.45) is 2.24. The fourth-order valence-electron chi connectivity index (χ4n) is 5.24. The molecule has 0 unspecified atom stereocenters. The van der Waals surface area contributed by atoms with Gasteiger partial charge in [-0.05, 0) is 43.2 Å². The number of piperidine rings is 1. The molecule has 230 valence electrons. The Morgan fingerprint density at radius 3 is 2.40 bits per heavy atom. The van der Waals surface area contributed by atoms with Crippen molar-refractivity contribution in [1.82, 2.24) is 19.1 Å². The summed E-state index contributed by atoms with van der Waals surface area (Å²) >= 11 is 0. The molecule has 2 N–H and O–H groups in total. The van der Waals surface area contributed by atoms with Crippen molar-refractivity contribution in [3.8, 4) is 11.3 Å². The Morgan fingerprint density at radius 2 is 1.79 bits per heavy atom. The highest BCUT2D eigenvalue weighted by Crippen LogP contribution is 2.38. The maximum absolute atomic E-state index is 15.1. The number of ether oxygens (including phenoxy) is 1. The predicted molar refractivity (Wildman–Crippen MR) is 165 cm³/mol. The van der Waals surface area contributed by atoms with E-state index in [4.69, 9.17) is 14.8 Å². The van der Waals surface area contributed by atoms with Gasteiger partial charge in [-0.15, -0.1) is 0 Å². The summed E-state index contributed by atoms with van der Waals surface area (Å²) in [7, 11) is -4.67. The zero-order valence-electron chi connectivity index (χ0n) is 24.5. The summed E-state index contributed by atoms with van der Waals surface area (Å²) in [6.45, 7) is 8.04. The van der Waals surface area contributed by atoms with Gasteiger partial charge in [-0.1, -0.05) is 31.8 Å². The Bertz CT molecular complexity index is 1780. The number of nitrogens with zero attached hydrogens (tertiary/aromatic N) is 4. The van der Waals surface area contributed by atoms with Crippen LogP contribution in [0.4, 0.5) is 14.6 Å². The van der Waals surface area contributed by atoms with Gasteiger partial charge in [-0.3, -0.25) is 0 Å². The number of hydrogen-bond acceptors (Lipinski definition) is 7. The summed E-state index contributed by atoms with van der Waals surface area (Å²) in [5.74, 6) is -2.49. The van der Waals surface area contributed by atoms with Crippen LogP contribution in [-0.2, 0) is 21.5 Å².